The molecule has 0 aliphatic carbocycles. The number of carbonyl (C=O) groups is 1. The summed E-state index contributed by atoms with van der Waals surface area (Å²) in [5, 5.41) is 27.9. The van der Waals surface area contributed by atoms with E-state index in [1.807, 2.05) is 36.5 Å². The Kier molecular flexibility index (Phi) is 16.6. The smallest absolute Gasteiger partial charge is 0.303 e. The van der Waals surface area contributed by atoms with E-state index >= 15 is 0 Å². The number of hydrogen-bond donors (Lipinski definition) is 3. The van der Waals surface area contributed by atoms with Crippen molar-refractivity contribution in [2.45, 2.75) is 70.5 Å². The van der Waals surface area contributed by atoms with Crippen molar-refractivity contribution in [3.8, 4) is 0 Å². The number of aliphatic carboxylic acids is 1. The van der Waals surface area contributed by atoms with Crippen LogP contribution in [0.1, 0.15) is 58.3 Å². The third-order valence-electron chi connectivity index (χ3n) is 3.61. The first-order valence-corrected chi connectivity index (χ1v) is 9.45. The van der Waals surface area contributed by atoms with Gasteiger partial charge in [0.15, 0.2) is 0 Å². The molecule has 0 amide bonds. The lowest BCUT2D eigenvalue weighted by Gasteiger charge is -2.02. The van der Waals surface area contributed by atoms with Gasteiger partial charge in [-0.1, -0.05) is 86.9 Å². The van der Waals surface area contributed by atoms with Crippen LogP contribution in [0.3, 0.4) is 0 Å². The van der Waals surface area contributed by atoms with Crippen LogP contribution in [0.4, 0.5) is 0 Å². The van der Waals surface area contributed by atoms with Crippen molar-refractivity contribution in [3.63, 3.8) is 0 Å². The van der Waals surface area contributed by atoms with Crippen LogP contribution in [0.15, 0.2) is 60.8 Å². The van der Waals surface area contributed by atoms with E-state index in [4.69, 9.17) is 5.11 Å². The average molecular weight is 363 g/mol. The zero-order chi connectivity index (χ0) is 19.5. The van der Waals surface area contributed by atoms with Crippen LogP contribution in [0.5, 0.6) is 0 Å². The highest BCUT2D eigenvalue weighted by atomic mass is 16.4. The summed E-state index contributed by atoms with van der Waals surface area (Å²) in [5.74, 6) is -0.812. The monoisotopic (exact) mass is 362 g/mol. The van der Waals surface area contributed by atoms with Gasteiger partial charge < -0.3 is 15.3 Å². The molecule has 0 saturated carbocycles. The fourth-order valence-electron chi connectivity index (χ4n) is 2.12. The fourth-order valence-corrected chi connectivity index (χ4v) is 2.12. The van der Waals surface area contributed by atoms with E-state index in [1.54, 1.807) is 24.3 Å². The van der Waals surface area contributed by atoms with Crippen molar-refractivity contribution in [1.29, 1.82) is 0 Å². The Morgan fingerprint density at radius 2 is 1.54 bits per heavy atom. The molecular weight excluding hydrogens is 328 g/mol. The van der Waals surface area contributed by atoms with Crippen LogP contribution in [0.25, 0.3) is 0 Å². The molecule has 0 bridgehead atoms. The highest BCUT2D eigenvalue weighted by molar-refractivity contribution is 5.66. The maximum absolute atomic E-state index is 10.3. The molecule has 26 heavy (non-hydrogen) atoms. The van der Waals surface area contributed by atoms with Crippen LogP contribution in [0, 0.1) is 0 Å². The molecule has 0 aromatic carbocycles. The third-order valence-corrected chi connectivity index (χ3v) is 3.61. The van der Waals surface area contributed by atoms with Crippen LogP contribution in [-0.4, -0.2) is 33.5 Å². The minimum Gasteiger partial charge on any atom is -0.481 e. The van der Waals surface area contributed by atoms with E-state index < -0.39 is 12.1 Å². The summed E-state index contributed by atoms with van der Waals surface area (Å²) in [6, 6.07) is 0. The van der Waals surface area contributed by atoms with Crippen molar-refractivity contribution in [2.24, 2.45) is 0 Å². The second-order valence-corrected chi connectivity index (χ2v) is 6.13. The van der Waals surface area contributed by atoms with Gasteiger partial charge in [-0.25, -0.2) is 0 Å². The number of aliphatic hydroxyl groups is 2. The summed E-state index contributed by atoms with van der Waals surface area (Å²) in [6.45, 7) is 2.15. The minimum atomic E-state index is -0.812. The average Bonchev–Trinajstić information content (AvgIpc) is 2.60. The van der Waals surface area contributed by atoms with E-state index in [0.29, 0.717) is 12.8 Å². The van der Waals surface area contributed by atoms with E-state index in [2.05, 4.69) is 6.92 Å². The maximum Gasteiger partial charge on any atom is 0.303 e. The fraction of sp³-hybridized carbons (Fsp3) is 0.500. The van der Waals surface area contributed by atoms with Gasteiger partial charge in [0.05, 0.1) is 12.2 Å². The first-order chi connectivity index (χ1) is 12.6. The zero-order valence-electron chi connectivity index (χ0n) is 15.8. The number of carboxylic acids is 1. The normalized spacial score (nSPS) is 15.2. The van der Waals surface area contributed by atoms with Crippen LogP contribution < -0.4 is 0 Å². The number of allylic oxidation sites excluding steroid dienone is 7. The lowest BCUT2D eigenvalue weighted by atomic mass is 10.1. The summed E-state index contributed by atoms with van der Waals surface area (Å²) in [7, 11) is 0. The molecule has 4 heteroatoms. The van der Waals surface area contributed by atoms with Crippen molar-refractivity contribution < 1.29 is 20.1 Å². The summed E-state index contributed by atoms with van der Waals surface area (Å²) in [4.78, 5) is 10.3. The second-order valence-electron chi connectivity index (χ2n) is 6.13. The topological polar surface area (TPSA) is 77.8 Å². The highest BCUT2D eigenvalue weighted by Crippen LogP contribution is 2.04. The molecule has 0 heterocycles. The molecule has 0 radical (unpaired) electrons. The molecular formula is C22H34O4. The highest BCUT2D eigenvalue weighted by Gasteiger charge is 1.96. The molecule has 0 aliphatic heterocycles. The molecule has 0 aliphatic rings. The molecule has 0 fully saturated rings. The van der Waals surface area contributed by atoms with Crippen molar-refractivity contribution >= 4 is 5.97 Å². The van der Waals surface area contributed by atoms with Crippen molar-refractivity contribution in [1.82, 2.24) is 0 Å². The molecule has 0 aromatic rings. The van der Waals surface area contributed by atoms with E-state index in [1.165, 1.54) is 0 Å². The minimum absolute atomic E-state index is 0.117. The number of aliphatic hydroxyl groups excluding tert-OH is 2. The summed E-state index contributed by atoms with van der Waals surface area (Å²) in [5.41, 5.74) is 0. The number of unbranched alkanes of at least 4 members (excludes halogenated alkanes) is 2. The standard InChI is InChI=1S/C22H34O4/c1-2-3-10-15-20(23)16-11-7-5-4-6-8-12-17-21(24)18-13-9-14-19-22(25)26/h5-9,11-13,16-17,20-21,23-24H,2-4,10,14-15,18-19H2,1H3,(H,25,26). The molecule has 2 unspecified atom stereocenters. The predicted molar refractivity (Wildman–Crippen MR) is 108 cm³/mol. The maximum atomic E-state index is 10.3. The Bertz CT molecular complexity index is 486. The molecule has 0 aromatic heterocycles. The van der Waals surface area contributed by atoms with Gasteiger partial charge in [-0.3, -0.25) is 4.79 Å². The van der Waals surface area contributed by atoms with Gasteiger partial charge in [0.1, 0.15) is 0 Å². The SMILES string of the molecule is CCCCCC(O)C=CC=CCC=CC=CC(O)CC=CCCC(=O)O. The first kappa shape index (κ1) is 24.1. The van der Waals surface area contributed by atoms with Gasteiger partial charge in [0.2, 0.25) is 0 Å². The first-order valence-electron chi connectivity index (χ1n) is 9.45. The van der Waals surface area contributed by atoms with Gasteiger partial charge in [-0.05, 0) is 25.7 Å². The third kappa shape index (κ3) is 18.4. The predicted octanol–water partition coefficient (Wildman–Crippen LogP) is 4.71. The molecule has 146 valence electrons. The largest absolute Gasteiger partial charge is 0.481 e. The van der Waals surface area contributed by atoms with E-state index in [9.17, 15) is 15.0 Å². The van der Waals surface area contributed by atoms with Crippen molar-refractivity contribution in [2.75, 3.05) is 0 Å². The van der Waals surface area contributed by atoms with Crippen LogP contribution >= 0.6 is 0 Å². The summed E-state index contributed by atoms with van der Waals surface area (Å²) < 4.78 is 0. The van der Waals surface area contributed by atoms with Gasteiger partial charge in [-0.2, -0.15) is 0 Å². The Labute approximate surface area is 157 Å². The van der Waals surface area contributed by atoms with Gasteiger partial charge in [-0.15, -0.1) is 0 Å². The molecule has 0 spiro atoms. The molecule has 0 saturated heterocycles. The Hall–Kier alpha value is -1.91. The van der Waals surface area contributed by atoms with Gasteiger partial charge in [0, 0.05) is 6.42 Å². The molecule has 4 nitrogen and oxygen atoms in total. The summed E-state index contributed by atoms with van der Waals surface area (Å²) in [6.07, 6.45) is 23.7. The zero-order valence-corrected chi connectivity index (χ0v) is 15.8. The Morgan fingerprint density at radius 1 is 0.885 bits per heavy atom. The lowest BCUT2D eigenvalue weighted by Crippen LogP contribution is -2.00. The number of carboxylic acid groups (broad SMARTS) is 1. The quantitative estimate of drug-likeness (QED) is 0.224. The van der Waals surface area contributed by atoms with Crippen molar-refractivity contribution in [3.05, 3.63) is 60.8 Å². The Balaban J connectivity index is 3.80. The second kappa shape index (κ2) is 17.9. The van der Waals surface area contributed by atoms with E-state index in [-0.39, 0.29) is 12.5 Å². The van der Waals surface area contributed by atoms with E-state index in [0.717, 1.165) is 32.1 Å². The summed E-state index contributed by atoms with van der Waals surface area (Å²) >= 11 is 0. The van der Waals surface area contributed by atoms with Crippen LogP contribution in [-0.2, 0) is 4.79 Å². The molecule has 3 N–H and O–H groups in total. The Morgan fingerprint density at radius 3 is 2.15 bits per heavy atom. The number of hydrogen-bond acceptors (Lipinski definition) is 3. The molecule has 0 rings (SSSR count). The lowest BCUT2D eigenvalue weighted by molar-refractivity contribution is -0.136. The molecule has 2 atom stereocenters. The van der Waals surface area contributed by atoms with Crippen LogP contribution in [0.2, 0.25) is 0 Å². The number of rotatable bonds is 15. The van der Waals surface area contributed by atoms with Gasteiger partial charge >= 0.3 is 5.97 Å². The van der Waals surface area contributed by atoms with Gasteiger partial charge in [0.25, 0.3) is 0 Å².